The van der Waals surface area contributed by atoms with Gasteiger partial charge in [0.2, 0.25) is 0 Å². The number of hydrogen-bond acceptors (Lipinski definition) is 5. The lowest BCUT2D eigenvalue weighted by molar-refractivity contribution is -0.145. The molecule has 2 unspecified atom stereocenters. The molecule has 0 aromatic carbocycles. The summed E-state index contributed by atoms with van der Waals surface area (Å²) in [5.74, 6) is -1.30. The Balaban J connectivity index is 2.21. The highest BCUT2D eigenvalue weighted by Gasteiger charge is 2.43. The predicted octanol–water partition coefficient (Wildman–Crippen LogP) is -0.531. The summed E-state index contributed by atoms with van der Waals surface area (Å²) in [7, 11) is -3.16. The zero-order chi connectivity index (χ0) is 12.6. The molecule has 17 heavy (non-hydrogen) atoms. The van der Waals surface area contributed by atoms with Crippen LogP contribution in [0.5, 0.6) is 0 Å². The molecule has 2 aliphatic rings. The third kappa shape index (κ3) is 2.36. The van der Waals surface area contributed by atoms with Crippen molar-refractivity contribution in [1.29, 1.82) is 0 Å². The quantitative estimate of drug-likeness (QED) is 0.718. The number of hydrogen-bond donors (Lipinski definition) is 1. The van der Waals surface area contributed by atoms with Crippen molar-refractivity contribution in [2.45, 2.75) is 24.9 Å². The third-order valence-corrected chi connectivity index (χ3v) is 4.80. The van der Waals surface area contributed by atoms with Gasteiger partial charge in [-0.1, -0.05) is 0 Å². The van der Waals surface area contributed by atoms with E-state index in [0.29, 0.717) is 0 Å². The lowest BCUT2D eigenvalue weighted by Gasteiger charge is -2.35. The number of ether oxygens (including phenoxy) is 1. The van der Waals surface area contributed by atoms with Crippen molar-refractivity contribution in [1.82, 2.24) is 4.90 Å². The van der Waals surface area contributed by atoms with Crippen LogP contribution in [0.4, 0.5) is 4.79 Å². The van der Waals surface area contributed by atoms with Gasteiger partial charge in [-0.25, -0.2) is 18.0 Å². The van der Waals surface area contributed by atoms with Gasteiger partial charge in [0.05, 0.1) is 24.2 Å². The number of carboxylic acid groups (broad SMARTS) is 1. The molecule has 2 atom stereocenters. The molecule has 0 aliphatic carbocycles. The van der Waals surface area contributed by atoms with Crippen molar-refractivity contribution < 1.29 is 27.9 Å². The van der Waals surface area contributed by atoms with Crippen LogP contribution in [0.2, 0.25) is 0 Å². The van der Waals surface area contributed by atoms with E-state index in [4.69, 9.17) is 9.84 Å². The Bertz CT molecular complexity index is 444. The molecule has 2 rings (SSSR count). The molecule has 2 heterocycles. The zero-order valence-electron chi connectivity index (χ0n) is 9.03. The van der Waals surface area contributed by atoms with Gasteiger partial charge >= 0.3 is 12.1 Å². The lowest BCUT2D eigenvalue weighted by atomic mass is 10.1. The van der Waals surface area contributed by atoms with Gasteiger partial charge in [-0.05, 0) is 6.42 Å². The number of cyclic esters (lactones) is 1. The maximum Gasteiger partial charge on any atom is 0.410 e. The van der Waals surface area contributed by atoms with Gasteiger partial charge in [-0.15, -0.1) is 0 Å². The van der Waals surface area contributed by atoms with E-state index >= 15 is 0 Å². The Morgan fingerprint density at radius 2 is 2.12 bits per heavy atom. The summed E-state index contributed by atoms with van der Waals surface area (Å²) < 4.78 is 27.5. The van der Waals surface area contributed by atoms with Crippen LogP contribution < -0.4 is 0 Å². The molecular weight excluding hydrogens is 250 g/mol. The molecule has 2 saturated heterocycles. The highest BCUT2D eigenvalue weighted by Crippen LogP contribution is 2.24. The Morgan fingerprint density at radius 1 is 1.41 bits per heavy atom. The van der Waals surface area contributed by atoms with Crippen LogP contribution in [0.1, 0.15) is 12.8 Å². The molecule has 0 spiro atoms. The van der Waals surface area contributed by atoms with Gasteiger partial charge in [0.25, 0.3) is 0 Å². The molecule has 1 N–H and O–H groups in total. The number of carboxylic acids is 1. The van der Waals surface area contributed by atoms with Gasteiger partial charge in [-0.2, -0.15) is 0 Å². The molecule has 0 aromatic rings. The average Bonchev–Trinajstić information content (AvgIpc) is 2.58. The number of carbonyl (C=O) groups is 2. The fourth-order valence-electron chi connectivity index (χ4n) is 2.24. The highest BCUT2D eigenvalue weighted by molar-refractivity contribution is 7.91. The maximum atomic E-state index is 11.6. The number of carbonyl (C=O) groups excluding carboxylic acids is 1. The second-order valence-corrected chi connectivity index (χ2v) is 6.45. The van der Waals surface area contributed by atoms with Crippen LogP contribution in [0.3, 0.4) is 0 Å². The Morgan fingerprint density at radius 3 is 2.65 bits per heavy atom. The lowest BCUT2D eigenvalue weighted by Crippen LogP contribution is -2.54. The second-order valence-electron chi connectivity index (χ2n) is 4.22. The monoisotopic (exact) mass is 263 g/mol. The minimum absolute atomic E-state index is 0.00616. The van der Waals surface area contributed by atoms with E-state index < -0.39 is 34.0 Å². The predicted molar refractivity (Wildman–Crippen MR) is 56.3 cm³/mol. The highest BCUT2D eigenvalue weighted by atomic mass is 32.2. The standard InChI is InChI=1S/C9H13NO6S/c11-8(12)7-1-3-16-9(13)10(7)6-2-4-17(14,15)5-6/h6-7H,1-5H2,(H,11,12). The molecule has 8 heteroatoms. The molecule has 0 aromatic heterocycles. The minimum atomic E-state index is -3.16. The Labute approximate surface area is 98.3 Å². The minimum Gasteiger partial charge on any atom is -0.480 e. The summed E-state index contributed by atoms with van der Waals surface area (Å²) in [6.45, 7) is 0.0613. The first kappa shape index (κ1) is 12.2. The first-order chi connectivity index (χ1) is 7.91. The summed E-state index contributed by atoms with van der Waals surface area (Å²) in [6.07, 6.45) is -0.260. The van der Waals surface area contributed by atoms with Crippen LogP contribution >= 0.6 is 0 Å². The number of sulfone groups is 1. The molecule has 7 nitrogen and oxygen atoms in total. The van der Waals surface area contributed by atoms with E-state index in [9.17, 15) is 18.0 Å². The van der Waals surface area contributed by atoms with Crippen molar-refractivity contribution in [2.75, 3.05) is 18.1 Å². The van der Waals surface area contributed by atoms with Gasteiger partial charge in [0, 0.05) is 6.42 Å². The smallest absolute Gasteiger partial charge is 0.410 e. The zero-order valence-corrected chi connectivity index (χ0v) is 9.85. The summed E-state index contributed by atoms with van der Waals surface area (Å²) in [5, 5.41) is 9.02. The van der Waals surface area contributed by atoms with Gasteiger partial charge in [0.15, 0.2) is 9.84 Å². The molecule has 2 fully saturated rings. The topological polar surface area (TPSA) is 101 Å². The summed E-state index contributed by atoms with van der Waals surface area (Å²) in [6, 6.07) is -1.55. The Hall–Kier alpha value is -1.31. The van der Waals surface area contributed by atoms with Crippen molar-refractivity contribution >= 4 is 21.9 Å². The summed E-state index contributed by atoms with van der Waals surface area (Å²) in [5.41, 5.74) is 0. The Kier molecular flexibility index (Phi) is 2.98. The van der Waals surface area contributed by atoms with Crippen LogP contribution in [-0.2, 0) is 19.4 Å². The third-order valence-electron chi connectivity index (χ3n) is 3.05. The first-order valence-corrected chi connectivity index (χ1v) is 7.11. The fourth-order valence-corrected chi connectivity index (χ4v) is 3.95. The van der Waals surface area contributed by atoms with E-state index in [1.807, 2.05) is 0 Å². The molecule has 0 radical (unpaired) electrons. The summed E-state index contributed by atoms with van der Waals surface area (Å²) in [4.78, 5) is 23.6. The summed E-state index contributed by atoms with van der Waals surface area (Å²) >= 11 is 0. The van der Waals surface area contributed by atoms with Crippen LogP contribution in [0.25, 0.3) is 0 Å². The van der Waals surface area contributed by atoms with Crippen LogP contribution in [0.15, 0.2) is 0 Å². The fraction of sp³-hybridized carbons (Fsp3) is 0.778. The normalized spacial score (nSPS) is 32.2. The molecular formula is C9H13NO6S. The number of nitrogens with zero attached hydrogens (tertiary/aromatic N) is 1. The second kappa shape index (κ2) is 4.17. The average molecular weight is 263 g/mol. The van der Waals surface area contributed by atoms with Crippen molar-refractivity contribution in [2.24, 2.45) is 0 Å². The molecule has 0 bridgehead atoms. The van der Waals surface area contributed by atoms with Crippen molar-refractivity contribution in [3.05, 3.63) is 0 Å². The van der Waals surface area contributed by atoms with Gasteiger partial charge < -0.3 is 9.84 Å². The SMILES string of the molecule is O=C(O)C1CCOC(=O)N1C1CCS(=O)(=O)C1. The van der Waals surface area contributed by atoms with Crippen LogP contribution in [0, 0.1) is 0 Å². The molecule has 1 amide bonds. The molecule has 2 aliphatic heterocycles. The molecule has 96 valence electrons. The van der Waals surface area contributed by atoms with Crippen LogP contribution in [-0.4, -0.2) is 60.7 Å². The first-order valence-electron chi connectivity index (χ1n) is 5.29. The number of rotatable bonds is 2. The molecule has 0 saturated carbocycles. The van der Waals surface area contributed by atoms with Crippen molar-refractivity contribution in [3.63, 3.8) is 0 Å². The van der Waals surface area contributed by atoms with E-state index in [1.165, 1.54) is 0 Å². The van der Waals surface area contributed by atoms with E-state index in [2.05, 4.69) is 0 Å². The van der Waals surface area contributed by atoms with Gasteiger partial charge in [-0.3, -0.25) is 4.90 Å². The van der Waals surface area contributed by atoms with E-state index in [-0.39, 0.29) is 31.0 Å². The van der Waals surface area contributed by atoms with E-state index in [0.717, 1.165) is 4.90 Å². The number of aliphatic carboxylic acids is 1. The number of amides is 1. The van der Waals surface area contributed by atoms with Crippen molar-refractivity contribution in [3.8, 4) is 0 Å². The maximum absolute atomic E-state index is 11.6. The van der Waals surface area contributed by atoms with E-state index in [1.54, 1.807) is 0 Å². The van der Waals surface area contributed by atoms with Gasteiger partial charge in [0.1, 0.15) is 6.04 Å². The largest absolute Gasteiger partial charge is 0.480 e.